The number of carboxylic acid groups (broad SMARTS) is 1. The van der Waals surface area contributed by atoms with Gasteiger partial charge in [0.15, 0.2) is 0 Å². The Balaban J connectivity index is 2.91. The number of urea groups is 1. The van der Waals surface area contributed by atoms with Crippen molar-refractivity contribution in [2.75, 3.05) is 18.9 Å². The Kier molecular flexibility index (Phi) is 5.11. The molecule has 19 heavy (non-hydrogen) atoms. The maximum Gasteiger partial charge on any atom is 0.328 e. The van der Waals surface area contributed by atoms with Gasteiger partial charge in [0.2, 0.25) is 0 Å². The number of benzene rings is 1. The van der Waals surface area contributed by atoms with Gasteiger partial charge >= 0.3 is 12.0 Å². The summed E-state index contributed by atoms with van der Waals surface area (Å²) >= 11 is 0. The lowest BCUT2D eigenvalue weighted by Gasteiger charge is -2.16. The van der Waals surface area contributed by atoms with Gasteiger partial charge in [0.05, 0.1) is 0 Å². The van der Waals surface area contributed by atoms with Crippen LogP contribution in [0.5, 0.6) is 0 Å². The zero-order valence-corrected chi connectivity index (χ0v) is 11.3. The minimum absolute atomic E-state index is 0.193. The molecule has 5 nitrogen and oxygen atoms in total. The Morgan fingerprint density at radius 3 is 2.63 bits per heavy atom. The zero-order chi connectivity index (χ0) is 14.4. The van der Waals surface area contributed by atoms with E-state index in [1.807, 2.05) is 26.0 Å². The summed E-state index contributed by atoms with van der Waals surface area (Å²) < 4.78 is 0. The van der Waals surface area contributed by atoms with Gasteiger partial charge in [-0.25, -0.2) is 9.59 Å². The summed E-state index contributed by atoms with van der Waals surface area (Å²) in [6.07, 6.45) is 2.56. The Hall–Kier alpha value is -2.30. The molecule has 1 aromatic carbocycles. The van der Waals surface area contributed by atoms with Gasteiger partial charge in [-0.3, -0.25) is 0 Å². The van der Waals surface area contributed by atoms with Gasteiger partial charge in [0.25, 0.3) is 0 Å². The molecule has 0 bridgehead atoms. The van der Waals surface area contributed by atoms with E-state index in [-0.39, 0.29) is 6.03 Å². The van der Waals surface area contributed by atoms with Crippen molar-refractivity contribution in [3.05, 3.63) is 35.4 Å². The quantitative estimate of drug-likeness (QED) is 0.819. The molecule has 0 aliphatic carbocycles. The van der Waals surface area contributed by atoms with Crippen LogP contribution >= 0.6 is 0 Å². The largest absolute Gasteiger partial charge is 0.478 e. The highest BCUT2D eigenvalue weighted by molar-refractivity contribution is 5.90. The van der Waals surface area contributed by atoms with E-state index in [0.29, 0.717) is 12.2 Å². The van der Waals surface area contributed by atoms with Gasteiger partial charge in [-0.05, 0) is 43.2 Å². The summed E-state index contributed by atoms with van der Waals surface area (Å²) in [6, 6.07) is 5.22. The summed E-state index contributed by atoms with van der Waals surface area (Å²) in [5.74, 6) is -1.00. The number of aryl methyl sites for hydroxylation is 1. The second-order valence-corrected chi connectivity index (χ2v) is 4.25. The van der Waals surface area contributed by atoms with Gasteiger partial charge in [-0.2, -0.15) is 0 Å². The molecule has 0 saturated carbocycles. The lowest BCUT2D eigenvalue weighted by molar-refractivity contribution is -0.131. The second kappa shape index (κ2) is 6.58. The third-order valence-electron chi connectivity index (χ3n) is 2.59. The number of carbonyl (C=O) groups excluding carboxylic acids is 1. The molecule has 2 amide bonds. The Morgan fingerprint density at radius 1 is 1.37 bits per heavy atom. The van der Waals surface area contributed by atoms with Crippen molar-refractivity contribution in [1.82, 2.24) is 4.90 Å². The van der Waals surface area contributed by atoms with Crippen LogP contribution in [0.25, 0.3) is 6.08 Å². The lowest BCUT2D eigenvalue weighted by atomic mass is 10.1. The van der Waals surface area contributed by atoms with Gasteiger partial charge in [0, 0.05) is 25.4 Å². The molecule has 0 spiro atoms. The molecule has 0 aliphatic rings. The smallest absolute Gasteiger partial charge is 0.328 e. The average Bonchev–Trinajstić information content (AvgIpc) is 2.34. The highest BCUT2D eigenvalue weighted by Gasteiger charge is 2.07. The maximum absolute atomic E-state index is 11.7. The number of nitrogens with one attached hydrogen (secondary N) is 1. The molecule has 0 radical (unpaired) electrons. The first-order valence-corrected chi connectivity index (χ1v) is 5.97. The predicted molar refractivity (Wildman–Crippen MR) is 75.2 cm³/mol. The van der Waals surface area contributed by atoms with Gasteiger partial charge in [-0.1, -0.05) is 6.07 Å². The number of nitrogens with zero attached hydrogens (tertiary/aromatic N) is 1. The lowest BCUT2D eigenvalue weighted by Crippen LogP contribution is -2.30. The van der Waals surface area contributed by atoms with Crippen molar-refractivity contribution < 1.29 is 14.7 Å². The average molecular weight is 262 g/mol. The number of rotatable bonds is 4. The molecule has 5 heteroatoms. The van der Waals surface area contributed by atoms with Gasteiger partial charge in [-0.15, -0.1) is 0 Å². The first kappa shape index (κ1) is 14.8. The minimum Gasteiger partial charge on any atom is -0.478 e. The molecular formula is C14H18N2O3. The molecule has 0 fully saturated rings. The van der Waals surface area contributed by atoms with Crippen LogP contribution in [0.1, 0.15) is 18.1 Å². The summed E-state index contributed by atoms with van der Waals surface area (Å²) in [5, 5.41) is 11.4. The summed E-state index contributed by atoms with van der Waals surface area (Å²) in [7, 11) is 1.70. The Labute approximate surface area is 112 Å². The van der Waals surface area contributed by atoms with Crippen LogP contribution in [0.2, 0.25) is 0 Å². The first-order chi connectivity index (χ1) is 8.92. The summed E-state index contributed by atoms with van der Waals surface area (Å²) in [4.78, 5) is 23.8. The zero-order valence-electron chi connectivity index (χ0n) is 11.3. The third kappa shape index (κ3) is 4.83. The highest BCUT2D eigenvalue weighted by Crippen LogP contribution is 2.16. The monoisotopic (exact) mass is 262 g/mol. The topological polar surface area (TPSA) is 69.6 Å². The maximum atomic E-state index is 11.7. The van der Waals surface area contributed by atoms with Crippen LogP contribution in [0.4, 0.5) is 10.5 Å². The van der Waals surface area contributed by atoms with E-state index in [1.54, 1.807) is 18.0 Å². The van der Waals surface area contributed by atoms with Crippen molar-refractivity contribution in [1.29, 1.82) is 0 Å². The number of amides is 2. The van der Waals surface area contributed by atoms with Gasteiger partial charge < -0.3 is 15.3 Å². The van der Waals surface area contributed by atoms with E-state index in [0.717, 1.165) is 17.2 Å². The van der Waals surface area contributed by atoms with Crippen LogP contribution in [-0.2, 0) is 4.79 Å². The number of hydrogen-bond donors (Lipinski definition) is 2. The normalized spacial score (nSPS) is 10.5. The molecule has 2 N–H and O–H groups in total. The number of anilines is 1. The molecule has 0 unspecified atom stereocenters. The second-order valence-electron chi connectivity index (χ2n) is 4.25. The van der Waals surface area contributed by atoms with Crippen LogP contribution in [0.3, 0.4) is 0 Å². The Bertz CT molecular complexity index is 509. The summed E-state index contributed by atoms with van der Waals surface area (Å²) in [5.41, 5.74) is 2.33. The standard InChI is InChI=1S/C14H18N2O3/c1-4-16(3)14(19)15-12-8-10(2)7-11(9-12)5-6-13(17)18/h5-9H,4H2,1-3H3,(H,15,19)(H,17,18)/b6-5+. The number of aliphatic carboxylic acids is 1. The van der Waals surface area contributed by atoms with Crippen LogP contribution in [0, 0.1) is 6.92 Å². The molecular weight excluding hydrogens is 244 g/mol. The first-order valence-electron chi connectivity index (χ1n) is 5.97. The molecule has 0 heterocycles. The van der Waals surface area contributed by atoms with E-state index in [4.69, 9.17) is 5.11 Å². The molecule has 1 rings (SSSR count). The number of hydrogen-bond acceptors (Lipinski definition) is 2. The fourth-order valence-electron chi connectivity index (χ4n) is 1.51. The molecule has 0 aromatic heterocycles. The Morgan fingerprint density at radius 2 is 2.05 bits per heavy atom. The molecule has 1 aromatic rings. The predicted octanol–water partition coefficient (Wildman–Crippen LogP) is 2.58. The van der Waals surface area contributed by atoms with E-state index in [9.17, 15) is 9.59 Å². The van der Waals surface area contributed by atoms with Gasteiger partial charge in [0.1, 0.15) is 0 Å². The van der Waals surface area contributed by atoms with Crippen molar-refractivity contribution in [3.63, 3.8) is 0 Å². The molecule has 0 saturated heterocycles. The van der Waals surface area contributed by atoms with Crippen LogP contribution < -0.4 is 5.32 Å². The fraction of sp³-hybridized carbons (Fsp3) is 0.286. The minimum atomic E-state index is -1.00. The molecule has 0 aliphatic heterocycles. The number of carboxylic acids is 1. The van der Waals surface area contributed by atoms with Crippen LogP contribution in [0.15, 0.2) is 24.3 Å². The van der Waals surface area contributed by atoms with Crippen LogP contribution in [-0.4, -0.2) is 35.6 Å². The SMILES string of the molecule is CCN(C)C(=O)Nc1cc(C)cc(/C=C/C(=O)O)c1. The van der Waals surface area contributed by atoms with E-state index >= 15 is 0 Å². The van der Waals surface area contributed by atoms with Crippen molar-refractivity contribution in [2.24, 2.45) is 0 Å². The molecule has 0 atom stereocenters. The summed E-state index contributed by atoms with van der Waals surface area (Å²) in [6.45, 7) is 4.39. The van der Waals surface area contributed by atoms with Crippen molar-refractivity contribution >= 4 is 23.8 Å². The number of carbonyl (C=O) groups is 2. The van der Waals surface area contributed by atoms with Crippen molar-refractivity contribution in [2.45, 2.75) is 13.8 Å². The third-order valence-corrected chi connectivity index (χ3v) is 2.59. The van der Waals surface area contributed by atoms with E-state index in [1.165, 1.54) is 6.08 Å². The van der Waals surface area contributed by atoms with E-state index < -0.39 is 5.97 Å². The highest BCUT2D eigenvalue weighted by atomic mass is 16.4. The van der Waals surface area contributed by atoms with E-state index in [2.05, 4.69) is 5.32 Å². The molecule has 102 valence electrons. The van der Waals surface area contributed by atoms with Crippen molar-refractivity contribution in [3.8, 4) is 0 Å². The fourth-order valence-corrected chi connectivity index (χ4v) is 1.51.